The van der Waals surface area contributed by atoms with Crippen LogP contribution in [0.1, 0.15) is 0 Å². The topological polar surface area (TPSA) is 40.5 Å². The van der Waals surface area contributed by atoms with E-state index in [2.05, 4.69) is 72.8 Å². The monoisotopic (exact) mass is 582 g/mol. The van der Waals surface area contributed by atoms with E-state index >= 15 is 0 Å². The first-order valence-corrected chi connectivity index (χ1v) is 16.8. The summed E-state index contributed by atoms with van der Waals surface area (Å²) >= 11 is 8.51. The van der Waals surface area contributed by atoms with Crippen molar-refractivity contribution < 1.29 is 10.2 Å². The minimum atomic E-state index is -0.343. The third-order valence-corrected chi connectivity index (χ3v) is 10.8. The molecule has 4 rings (SSSR count). The van der Waals surface area contributed by atoms with Crippen LogP contribution in [0.25, 0.3) is 0 Å². The van der Waals surface area contributed by atoms with E-state index in [9.17, 15) is 10.2 Å². The smallest absolute Gasteiger partial charge is 0.0727 e. The van der Waals surface area contributed by atoms with Gasteiger partial charge in [0.05, 0.1) is 12.2 Å². The molecule has 4 aromatic carbocycles. The zero-order valence-electron chi connectivity index (χ0n) is 20.3. The van der Waals surface area contributed by atoms with Gasteiger partial charge in [0, 0.05) is 52.4 Å². The predicted molar refractivity (Wildman–Crippen MR) is 165 cm³/mol. The molecule has 2 nitrogen and oxygen atoms in total. The molecule has 2 unspecified atom stereocenters. The number of hydrogen-bond donors (Lipinski definition) is 2. The van der Waals surface area contributed by atoms with Gasteiger partial charge in [0.2, 0.25) is 0 Å². The molecule has 0 heterocycles. The summed E-state index contributed by atoms with van der Waals surface area (Å²) < 4.78 is 0. The second-order valence-electron chi connectivity index (χ2n) is 8.22. The maximum atomic E-state index is 10.3. The molecule has 2 atom stereocenters. The van der Waals surface area contributed by atoms with Gasteiger partial charge in [0.1, 0.15) is 0 Å². The van der Waals surface area contributed by atoms with Crippen LogP contribution in [0.2, 0.25) is 0 Å². The standard InChI is InChI=1S/C30H30O2S5/c31-23(19-33-25-7-3-1-4-8-25)21-35-27-11-15-29(16-12-27)37-30-17-13-28(14-18-30)36-22-24(32)20-34-26-9-5-2-6-10-26/h1-18,23-24,31-32H,19-22H2. The normalized spacial score (nSPS) is 12.8. The summed E-state index contributed by atoms with van der Waals surface area (Å²) in [7, 11) is 0. The fourth-order valence-corrected chi connectivity index (χ4v) is 7.73. The Morgan fingerprint density at radius 2 is 0.649 bits per heavy atom. The van der Waals surface area contributed by atoms with Crippen LogP contribution in [0.5, 0.6) is 0 Å². The third-order valence-electron chi connectivity index (χ3n) is 5.14. The van der Waals surface area contributed by atoms with Crippen molar-refractivity contribution in [3.8, 4) is 0 Å². The molecule has 2 N–H and O–H groups in total. The number of aliphatic hydroxyl groups excluding tert-OH is 2. The van der Waals surface area contributed by atoms with E-state index < -0.39 is 0 Å². The zero-order valence-corrected chi connectivity index (χ0v) is 24.4. The van der Waals surface area contributed by atoms with Crippen molar-refractivity contribution in [2.24, 2.45) is 0 Å². The molecule has 0 aliphatic carbocycles. The molecule has 0 aromatic heterocycles. The van der Waals surface area contributed by atoms with E-state index in [0.717, 1.165) is 0 Å². The van der Waals surface area contributed by atoms with Gasteiger partial charge >= 0.3 is 0 Å². The third kappa shape index (κ3) is 10.7. The van der Waals surface area contributed by atoms with Gasteiger partial charge in [0.25, 0.3) is 0 Å². The van der Waals surface area contributed by atoms with Gasteiger partial charge in [-0.1, -0.05) is 48.2 Å². The molecule has 0 saturated heterocycles. The Balaban J connectivity index is 1.15. The summed E-state index contributed by atoms with van der Waals surface area (Å²) in [6.45, 7) is 0. The van der Waals surface area contributed by atoms with Crippen molar-refractivity contribution in [1.29, 1.82) is 0 Å². The molecule has 0 fully saturated rings. The molecule has 192 valence electrons. The molecule has 0 saturated carbocycles. The van der Waals surface area contributed by atoms with E-state index in [1.807, 2.05) is 36.4 Å². The lowest BCUT2D eigenvalue weighted by atomic mass is 10.4. The second-order valence-corrected chi connectivity index (χ2v) is 13.7. The molecule has 0 bridgehead atoms. The lowest BCUT2D eigenvalue weighted by Gasteiger charge is -2.11. The number of hydrogen-bond acceptors (Lipinski definition) is 7. The molecular formula is C30H30O2S5. The molecule has 0 aliphatic rings. The fraction of sp³-hybridized carbons (Fsp3) is 0.200. The van der Waals surface area contributed by atoms with Crippen LogP contribution in [0.15, 0.2) is 139 Å². The lowest BCUT2D eigenvalue weighted by Crippen LogP contribution is -2.12. The Morgan fingerprint density at radius 1 is 0.378 bits per heavy atom. The maximum absolute atomic E-state index is 10.3. The highest BCUT2D eigenvalue weighted by atomic mass is 32.2. The molecule has 4 aromatic rings. The van der Waals surface area contributed by atoms with Crippen LogP contribution in [0.3, 0.4) is 0 Å². The Labute approximate surface area is 241 Å². The van der Waals surface area contributed by atoms with Gasteiger partial charge in [-0.25, -0.2) is 0 Å². The molecule has 0 radical (unpaired) electrons. The summed E-state index contributed by atoms with van der Waals surface area (Å²) in [5.41, 5.74) is 0. The highest BCUT2D eigenvalue weighted by molar-refractivity contribution is 8.01. The van der Waals surface area contributed by atoms with Crippen molar-refractivity contribution in [3.05, 3.63) is 109 Å². The van der Waals surface area contributed by atoms with Gasteiger partial charge in [-0.3, -0.25) is 0 Å². The highest BCUT2D eigenvalue weighted by Crippen LogP contribution is 2.32. The Bertz CT molecular complexity index is 1080. The fourth-order valence-electron chi connectivity index (χ4n) is 3.24. The predicted octanol–water partition coefficient (Wildman–Crippen LogP) is 8.33. The van der Waals surface area contributed by atoms with Crippen LogP contribution in [0, 0.1) is 0 Å². The molecule has 7 heteroatoms. The Hall–Kier alpha value is -1.45. The summed E-state index contributed by atoms with van der Waals surface area (Å²) in [4.78, 5) is 7.11. The van der Waals surface area contributed by atoms with Crippen molar-refractivity contribution >= 4 is 58.8 Å². The number of aliphatic hydroxyl groups is 2. The average molecular weight is 583 g/mol. The van der Waals surface area contributed by atoms with E-state index in [1.54, 1.807) is 58.8 Å². The van der Waals surface area contributed by atoms with Gasteiger partial charge in [-0.15, -0.1) is 47.0 Å². The molecular weight excluding hydrogens is 553 g/mol. The summed E-state index contributed by atoms with van der Waals surface area (Å²) in [5.74, 6) is 2.77. The minimum absolute atomic E-state index is 0.343. The summed E-state index contributed by atoms with van der Waals surface area (Å²) in [6.07, 6.45) is -0.686. The second kappa shape index (κ2) is 15.8. The highest BCUT2D eigenvalue weighted by Gasteiger charge is 2.08. The van der Waals surface area contributed by atoms with Crippen molar-refractivity contribution in [2.75, 3.05) is 23.0 Å². The van der Waals surface area contributed by atoms with Gasteiger partial charge in [-0.2, -0.15) is 0 Å². The van der Waals surface area contributed by atoms with Crippen LogP contribution in [0.4, 0.5) is 0 Å². The molecule has 0 aliphatic heterocycles. The molecule has 0 spiro atoms. The van der Waals surface area contributed by atoms with E-state index in [0.29, 0.717) is 23.0 Å². The van der Waals surface area contributed by atoms with Crippen LogP contribution in [-0.2, 0) is 0 Å². The van der Waals surface area contributed by atoms with Crippen molar-refractivity contribution in [2.45, 2.75) is 41.6 Å². The first-order valence-electron chi connectivity index (χ1n) is 12.0. The van der Waals surface area contributed by atoms with E-state index in [-0.39, 0.29) is 12.2 Å². The van der Waals surface area contributed by atoms with Gasteiger partial charge in [-0.05, 0) is 72.8 Å². The SMILES string of the molecule is OC(CSc1ccccc1)CSc1ccc(Sc2ccc(SCC(O)CSc3ccccc3)cc2)cc1. The van der Waals surface area contributed by atoms with E-state index in [1.165, 1.54) is 29.4 Å². The average Bonchev–Trinajstić information content (AvgIpc) is 2.95. The number of benzene rings is 4. The van der Waals surface area contributed by atoms with Crippen molar-refractivity contribution in [3.63, 3.8) is 0 Å². The van der Waals surface area contributed by atoms with Gasteiger partial charge in [0.15, 0.2) is 0 Å². The van der Waals surface area contributed by atoms with Crippen LogP contribution < -0.4 is 0 Å². The molecule has 37 heavy (non-hydrogen) atoms. The lowest BCUT2D eigenvalue weighted by molar-refractivity contribution is 0.224. The Morgan fingerprint density at radius 3 is 0.973 bits per heavy atom. The zero-order chi connectivity index (χ0) is 25.7. The first-order chi connectivity index (χ1) is 18.1. The van der Waals surface area contributed by atoms with Crippen LogP contribution >= 0.6 is 58.8 Å². The molecule has 0 amide bonds. The van der Waals surface area contributed by atoms with Crippen molar-refractivity contribution in [1.82, 2.24) is 0 Å². The quantitative estimate of drug-likeness (QED) is 0.145. The number of rotatable bonds is 14. The largest absolute Gasteiger partial charge is 0.391 e. The summed E-state index contributed by atoms with van der Waals surface area (Å²) in [6, 6.07) is 37.5. The first kappa shape index (κ1) is 28.6. The van der Waals surface area contributed by atoms with Crippen LogP contribution in [-0.4, -0.2) is 45.4 Å². The minimum Gasteiger partial charge on any atom is -0.391 e. The van der Waals surface area contributed by atoms with E-state index in [4.69, 9.17) is 0 Å². The summed E-state index contributed by atoms with van der Waals surface area (Å²) in [5, 5.41) is 20.6. The van der Waals surface area contributed by atoms with Gasteiger partial charge < -0.3 is 10.2 Å². The maximum Gasteiger partial charge on any atom is 0.0727 e. The number of thioether (sulfide) groups is 4. The Kier molecular flexibility index (Phi) is 12.2.